The molecule has 1 aromatic rings. The highest BCUT2D eigenvalue weighted by Crippen LogP contribution is 2.36. The summed E-state index contributed by atoms with van der Waals surface area (Å²) in [6, 6.07) is 5.45. The number of rotatable bonds is 2. The zero-order chi connectivity index (χ0) is 11.6. The van der Waals surface area contributed by atoms with Crippen LogP contribution in [-0.4, -0.2) is 6.26 Å². The molecule has 16 heavy (non-hydrogen) atoms. The molecule has 2 rings (SSSR count). The van der Waals surface area contributed by atoms with Crippen LogP contribution in [0.25, 0.3) is 0 Å². The van der Waals surface area contributed by atoms with Gasteiger partial charge in [0.1, 0.15) is 5.82 Å². The van der Waals surface area contributed by atoms with E-state index in [0.29, 0.717) is 4.90 Å². The van der Waals surface area contributed by atoms with Gasteiger partial charge in [0, 0.05) is 10.4 Å². The maximum atomic E-state index is 13.7. The second kappa shape index (κ2) is 4.76. The van der Waals surface area contributed by atoms with Crippen molar-refractivity contribution >= 4 is 11.8 Å². The van der Waals surface area contributed by atoms with E-state index in [1.54, 1.807) is 6.07 Å². The largest absolute Gasteiger partial charge is 0.321 e. The fraction of sp³-hybridized carbons (Fsp3) is 0.538. The van der Waals surface area contributed by atoms with Crippen molar-refractivity contribution in [3.8, 4) is 0 Å². The van der Waals surface area contributed by atoms with Crippen LogP contribution in [0.1, 0.15) is 37.7 Å². The van der Waals surface area contributed by atoms with E-state index in [9.17, 15) is 4.39 Å². The maximum Gasteiger partial charge on any atom is 0.137 e. The Morgan fingerprint density at radius 2 is 1.94 bits per heavy atom. The third-order valence-electron chi connectivity index (χ3n) is 3.47. The second-order valence-electron chi connectivity index (χ2n) is 4.57. The summed E-state index contributed by atoms with van der Waals surface area (Å²) in [6.07, 6.45) is 7.40. The summed E-state index contributed by atoms with van der Waals surface area (Å²) >= 11 is 1.43. The molecule has 1 aliphatic rings. The van der Waals surface area contributed by atoms with Crippen molar-refractivity contribution in [1.82, 2.24) is 0 Å². The van der Waals surface area contributed by atoms with Gasteiger partial charge in [-0.05, 0) is 36.8 Å². The third-order valence-corrected chi connectivity index (χ3v) is 4.24. The van der Waals surface area contributed by atoms with Crippen LogP contribution in [0.2, 0.25) is 0 Å². The van der Waals surface area contributed by atoms with E-state index in [1.807, 2.05) is 18.4 Å². The van der Waals surface area contributed by atoms with Gasteiger partial charge in [0.25, 0.3) is 0 Å². The molecular formula is C13H18FNS. The highest BCUT2D eigenvalue weighted by molar-refractivity contribution is 7.98. The van der Waals surface area contributed by atoms with E-state index < -0.39 is 0 Å². The molecule has 0 atom stereocenters. The van der Waals surface area contributed by atoms with Crippen molar-refractivity contribution in [2.75, 3.05) is 6.26 Å². The molecule has 1 aromatic carbocycles. The topological polar surface area (TPSA) is 26.0 Å². The van der Waals surface area contributed by atoms with Crippen LogP contribution in [0, 0.1) is 5.82 Å². The monoisotopic (exact) mass is 239 g/mol. The summed E-state index contributed by atoms with van der Waals surface area (Å²) in [5, 5.41) is 0. The highest BCUT2D eigenvalue weighted by Gasteiger charge is 2.29. The first-order valence-corrected chi connectivity index (χ1v) is 7.01. The smallest absolute Gasteiger partial charge is 0.137 e. The summed E-state index contributed by atoms with van der Waals surface area (Å²) < 4.78 is 13.7. The molecule has 0 aliphatic heterocycles. The molecule has 0 bridgehead atoms. The van der Waals surface area contributed by atoms with E-state index in [2.05, 4.69) is 0 Å². The minimum Gasteiger partial charge on any atom is -0.321 e. The van der Waals surface area contributed by atoms with E-state index in [-0.39, 0.29) is 11.4 Å². The van der Waals surface area contributed by atoms with Crippen LogP contribution >= 0.6 is 11.8 Å². The quantitative estimate of drug-likeness (QED) is 0.797. The van der Waals surface area contributed by atoms with Gasteiger partial charge in [-0.2, -0.15) is 0 Å². The van der Waals surface area contributed by atoms with Crippen molar-refractivity contribution < 1.29 is 4.39 Å². The van der Waals surface area contributed by atoms with Gasteiger partial charge in [-0.25, -0.2) is 4.39 Å². The van der Waals surface area contributed by atoms with Gasteiger partial charge < -0.3 is 5.73 Å². The van der Waals surface area contributed by atoms with Crippen molar-refractivity contribution in [3.63, 3.8) is 0 Å². The van der Waals surface area contributed by atoms with Gasteiger partial charge in [0.2, 0.25) is 0 Å². The summed E-state index contributed by atoms with van der Waals surface area (Å²) in [4.78, 5) is 0.697. The lowest BCUT2D eigenvalue weighted by Crippen LogP contribution is -2.38. The molecule has 1 fully saturated rings. The standard InChI is InChI=1S/C13H18FNS/c1-16-12-6-5-10(9-11(12)14)13(15)7-3-2-4-8-13/h5-6,9H,2-4,7-8,15H2,1H3. The van der Waals surface area contributed by atoms with Gasteiger partial charge in [-0.15, -0.1) is 11.8 Å². The molecule has 0 radical (unpaired) electrons. The van der Waals surface area contributed by atoms with Gasteiger partial charge in [-0.3, -0.25) is 0 Å². The van der Waals surface area contributed by atoms with E-state index in [1.165, 1.54) is 18.2 Å². The van der Waals surface area contributed by atoms with E-state index >= 15 is 0 Å². The first-order valence-electron chi connectivity index (χ1n) is 5.79. The Bertz CT molecular complexity index is 372. The summed E-state index contributed by atoms with van der Waals surface area (Å²) in [5.74, 6) is -0.139. The molecule has 0 unspecified atom stereocenters. The Balaban J connectivity index is 2.29. The number of nitrogens with two attached hydrogens (primary N) is 1. The zero-order valence-electron chi connectivity index (χ0n) is 9.63. The van der Waals surface area contributed by atoms with Crippen LogP contribution in [0.3, 0.4) is 0 Å². The molecule has 1 aliphatic carbocycles. The van der Waals surface area contributed by atoms with Crippen LogP contribution in [0.4, 0.5) is 4.39 Å². The maximum absolute atomic E-state index is 13.7. The van der Waals surface area contributed by atoms with Gasteiger partial charge in [0.05, 0.1) is 0 Å². The van der Waals surface area contributed by atoms with Crippen molar-refractivity contribution in [2.24, 2.45) is 5.73 Å². The summed E-state index contributed by atoms with van der Waals surface area (Å²) in [6.45, 7) is 0. The molecule has 0 aromatic heterocycles. The average molecular weight is 239 g/mol. The van der Waals surface area contributed by atoms with Crippen LogP contribution in [-0.2, 0) is 5.54 Å². The average Bonchev–Trinajstić information content (AvgIpc) is 2.30. The van der Waals surface area contributed by atoms with Crippen molar-refractivity contribution in [1.29, 1.82) is 0 Å². The first-order chi connectivity index (χ1) is 7.65. The number of benzene rings is 1. The molecule has 88 valence electrons. The van der Waals surface area contributed by atoms with Crippen molar-refractivity contribution in [2.45, 2.75) is 42.5 Å². The summed E-state index contributed by atoms with van der Waals surface area (Å²) in [7, 11) is 0. The number of hydrogen-bond donors (Lipinski definition) is 1. The minimum atomic E-state index is -0.296. The Kier molecular flexibility index (Phi) is 3.55. The Morgan fingerprint density at radius 1 is 1.25 bits per heavy atom. The van der Waals surface area contributed by atoms with Crippen LogP contribution in [0.5, 0.6) is 0 Å². The van der Waals surface area contributed by atoms with E-state index in [4.69, 9.17) is 5.73 Å². The number of thioether (sulfide) groups is 1. The number of halogens is 1. The summed E-state index contributed by atoms with van der Waals surface area (Å²) in [5.41, 5.74) is 7.03. The normalized spacial score (nSPS) is 19.7. The van der Waals surface area contributed by atoms with Gasteiger partial charge >= 0.3 is 0 Å². The number of hydrogen-bond acceptors (Lipinski definition) is 2. The molecular weight excluding hydrogens is 221 g/mol. The van der Waals surface area contributed by atoms with Crippen LogP contribution in [0.15, 0.2) is 23.1 Å². The Morgan fingerprint density at radius 3 is 2.50 bits per heavy atom. The molecule has 1 nitrogen and oxygen atoms in total. The fourth-order valence-corrected chi connectivity index (χ4v) is 2.91. The highest BCUT2D eigenvalue weighted by atomic mass is 32.2. The molecule has 0 heterocycles. The molecule has 0 saturated heterocycles. The lowest BCUT2D eigenvalue weighted by molar-refractivity contribution is 0.301. The third kappa shape index (κ3) is 2.25. The first kappa shape index (κ1) is 11.9. The van der Waals surface area contributed by atoms with Crippen LogP contribution < -0.4 is 5.73 Å². The zero-order valence-corrected chi connectivity index (χ0v) is 10.4. The predicted molar refractivity (Wildman–Crippen MR) is 67.1 cm³/mol. The molecule has 2 N–H and O–H groups in total. The lowest BCUT2D eigenvalue weighted by Gasteiger charge is -2.34. The van der Waals surface area contributed by atoms with E-state index in [0.717, 1.165) is 31.2 Å². The molecule has 0 spiro atoms. The molecule has 0 amide bonds. The van der Waals surface area contributed by atoms with Gasteiger partial charge in [-0.1, -0.05) is 25.3 Å². The Hall–Kier alpha value is -0.540. The Labute approximate surface area is 101 Å². The van der Waals surface area contributed by atoms with Crippen molar-refractivity contribution in [3.05, 3.63) is 29.6 Å². The molecule has 1 saturated carbocycles. The lowest BCUT2D eigenvalue weighted by atomic mass is 9.77. The van der Waals surface area contributed by atoms with Gasteiger partial charge in [0.15, 0.2) is 0 Å². The fourth-order valence-electron chi connectivity index (χ4n) is 2.45. The second-order valence-corrected chi connectivity index (χ2v) is 5.41. The molecule has 3 heteroatoms. The predicted octanol–water partition coefficient (Wildman–Crippen LogP) is 3.67. The SMILES string of the molecule is CSc1ccc(C2(N)CCCCC2)cc1F. The minimum absolute atomic E-state index is 0.139.